The molecule has 2 heterocycles. The van der Waals surface area contributed by atoms with Gasteiger partial charge in [-0.25, -0.2) is 14.4 Å². The summed E-state index contributed by atoms with van der Waals surface area (Å²) in [6.07, 6.45) is 0.138. The number of nitrogens with zero attached hydrogens (tertiary/aromatic N) is 2. The molecule has 0 atom stereocenters. The maximum Gasteiger partial charge on any atom is 0.232 e. The van der Waals surface area contributed by atoms with Gasteiger partial charge in [-0.1, -0.05) is 29.8 Å². The molecule has 0 fully saturated rings. The van der Waals surface area contributed by atoms with Crippen LogP contribution in [0.2, 0.25) is 5.02 Å². The number of rotatable bonds is 5. The van der Waals surface area contributed by atoms with Crippen molar-refractivity contribution in [3.63, 3.8) is 0 Å². The average molecular weight is 430 g/mol. The number of carbonyl (C=O) groups excluding carboxylic acids is 1. The third-order valence-electron chi connectivity index (χ3n) is 3.88. The number of halogens is 2. The van der Waals surface area contributed by atoms with E-state index >= 15 is 0 Å². The van der Waals surface area contributed by atoms with Gasteiger partial charge in [0.05, 0.1) is 17.8 Å². The van der Waals surface area contributed by atoms with E-state index in [9.17, 15) is 9.18 Å². The summed E-state index contributed by atoms with van der Waals surface area (Å²) in [5.41, 5.74) is 3.02. The lowest BCUT2D eigenvalue weighted by atomic mass is 10.2. The number of thiazole rings is 2. The number of aromatic nitrogens is 2. The Hall–Kier alpha value is -2.61. The number of amides is 1. The summed E-state index contributed by atoms with van der Waals surface area (Å²) >= 11 is 8.95. The molecule has 0 bridgehead atoms. The number of nitrogens with one attached hydrogen (secondary N) is 1. The average Bonchev–Trinajstić information content (AvgIpc) is 3.32. The number of carbonyl (C=O) groups is 1. The van der Waals surface area contributed by atoms with Gasteiger partial charge in [0.25, 0.3) is 0 Å². The van der Waals surface area contributed by atoms with Crippen LogP contribution in [-0.4, -0.2) is 15.9 Å². The third-order valence-corrected chi connectivity index (χ3v) is 5.91. The van der Waals surface area contributed by atoms with Crippen molar-refractivity contribution in [3.05, 3.63) is 75.8 Å². The Morgan fingerprint density at radius 3 is 2.61 bits per heavy atom. The first-order valence-electron chi connectivity index (χ1n) is 8.29. The molecule has 0 saturated carbocycles. The normalized spacial score (nSPS) is 10.8. The number of benzene rings is 2. The summed E-state index contributed by atoms with van der Waals surface area (Å²) in [6.45, 7) is 0. The van der Waals surface area contributed by atoms with Gasteiger partial charge in [-0.15, -0.1) is 22.7 Å². The van der Waals surface area contributed by atoms with Gasteiger partial charge in [0.1, 0.15) is 10.8 Å². The zero-order valence-electron chi connectivity index (χ0n) is 14.4. The van der Waals surface area contributed by atoms with E-state index in [1.165, 1.54) is 34.8 Å². The van der Waals surface area contributed by atoms with Crippen molar-refractivity contribution in [3.8, 4) is 21.8 Å². The first-order chi connectivity index (χ1) is 13.6. The Bertz CT molecular complexity index is 1120. The summed E-state index contributed by atoms with van der Waals surface area (Å²) < 4.78 is 13.0. The predicted molar refractivity (Wildman–Crippen MR) is 112 cm³/mol. The monoisotopic (exact) mass is 429 g/mol. The molecule has 0 aliphatic carbocycles. The summed E-state index contributed by atoms with van der Waals surface area (Å²) in [5.74, 6) is -0.490. The molecule has 0 spiro atoms. The van der Waals surface area contributed by atoms with E-state index in [0.717, 1.165) is 21.8 Å². The smallest absolute Gasteiger partial charge is 0.232 e. The Balaban J connectivity index is 1.41. The fourth-order valence-corrected chi connectivity index (χ4v) is 4.35. The minimum Gasteiger partial charge on any atom is -0.302 e. The Kier molecular flexibility index (Phi) is 5.47. The molecule has 0 radical (unpaired) electrons. The quantitative estimate of drug-likeness (QED) is 0.429. The highest BCUT2D eigenvalue weighted by Crippen LogP contribution is 2.30. The molecule has 4 rings (SSSR count). The highest BCUT2D eigenvalue weighted by molar-refractivity contribution is 7.14. The van der Waals surface area contributed by atoms with Gasteiger partial charge >= 0.3 is 0 Å². The van der Waals surface area contributed by atoms with Crippen LogP contribution in [0, 0.1) is 5.82 Å². The molecule has 8 heteroatoms. The van der Waals surface area contributed by atoms with Crippen LogP contribution in [0.15, 0.2) is 59.3 Å². The molecule has 2 aromatic heterocycles. The van der Waals surface area contributed by atoms with Crippen LogP contribution in [-0.2, 0) is 11.2 Å². The van der Waals surface area contributed by atoms with E-state index in [2.05, 4.69) is 15.3 Å². The SMILES string of the molecule is O=C(Cc1csc(-c2ccc(F)cc2)n1)Nc1nc(-c2ccccc2Cl)cs1. The van der Waals surface area contributed by atoms with Crippen LogP contribution in [0.1, 0.15) is 5.69 Å². The van der Waals surface area contributed by atoms with Gasteiger partial charge < -0.3 is 5.32 Å². The highest BCUT2D eigenvalue weighted by atomic mass is 35.5. The van der Waals surface area contributed by atoms with E-state index in [4.69, 9.17) is 11.6 Å². The molecular formula is C20H13ClFN3OS2. The Morgan fingerprint density at radius 1 is 1.04 bits per heavy atom. The molecule has 0 saturated heterocycles. The van der Waals surface area contributed by atoms with Gasteiger partial charge in [-0.2, -0.15) is 0 Å². The first kappa shape index (κ1) is 18.7. The van der Waals surface area contributed by atoms with Crippen LogP contribution < -0.4 is 5.32 Å². The molecule has 28 heavy (non-hydrogen) atoms. The lowest BCUT2D eigenvalue weighted by Crippen LogP contribution is -2.14. The van der Waals surface area contributed by atoms with E-state index in [1.807, 2.05) is 29.0 Å². The van der Waals surface area contributed by atoms with Gasteiger partial charge in [0.2, 0.25) is 5.91 Å². The fourth-order valence-electron chi connectivity index (χ4n) is 2.56. The molecule has 0 aliphatic rings. The maximum atomic E-state index is 13.0. The summed E-state index contributed by atoms with van der Waals surface area (Å²) in [5, 5.41) is 8.35. The highest BCUT2D eigenvalue weighted by Gasteiger charge is 2.13. The van der Waals surface area contributed by atoms with Crippen molar-refractivity contribution in [1.29, 1.82) is 0 Å². The van der Waals surface area contributed by atoms with Crippen molar-refractivity contribution in [2.45, 2.75) is 6.42 Å². The summed E-state index contributed by atoms with van der Waals surface area (Å²) in [6, 6.07) is 13.6. The molecule has 4 aromatic rings. The molecule has 0 unspecified atom stereocenters. The molecular weight excluding hydrogens is 417 g/mol. The lowest BCUT2D eigenvalue weighted by molar-refractivity contribution is -0.115. The van der Waals surface area contributed by atoms with Gasteiger partial charge in [0.15, 0.2) is 5.13 Å². The minimum atomic E-state index is -0.292. The van der Waals surface area contributed by atoms with E-state index in [0.29, 0.717) is 15.8 Å². The van der Waals surface area contributed by atoms with E-state index in [1.54, 1.807) is 18.2 Å². The first-order valence-corrected chi connectivity index (χ1v) is 10.4. The van der Waals surface area contributed by atoms with Crippen molar-refractivity contribution >= 4 is 45.3 Å². The zero-order valence-corrected chi connectivity index (χ0v) is 16.7. The predicted octanol–water partition coefficient (Wildman–Crippen LogP) is 5.91. The zero-order chi connectivity index (χ0) is 19.5. The van der Waals surface area contributed by atoms with Gasteiger partial charge in [-0.05, 0) is 30.3 Å². The third kappa shape index (κ3) is 4.27. The van der Waals surface area contributed by atoms with Gasteiger partial charge in [-0.3, -0.25) is 4.79 Å². The molecule has 1 N–H and O–H groups in total. The van der Waals surface area contributed by atoms with Crippen LogP contribution >= 0.6 is 34.3 Å². The molecule has 2 aromatic carbocycles. The fraction of sp³-hybridized carbons (Fsp3) is 0.0500. The molecule has 140 valence electrons. The number of hydrogen-bond acceptors (Lipinski definition) is 5. The topological polar surface area (TPSA) is 54.9 Å². The van der Waals surface area contributed by atoms with E-state index in [-0.39, 0.29) is 18.1 Å². The van der Waals surface area contributed by atoms with Crippen LogP contribution in [0.5, 0.6) is 0 Å². The second kappa shape index (κ2) is 8.18. The molecule has 0 aliphatic heterocycles. The van der Waals surface area contributed by atoms with Gasteiger partial charge in [0, 0.05) is 26.9 Å². The Labute approximate surface area is 173 Å². The van der Waals surface area contributed by atoms with Crippen molar-refractivity contribution in [2.75, 3.05) is 5.32 Å². The standard InChI is InChI=1S/C20H13ClFN3OS2/c21-16-4-2-1-3-15(16)17-11-28-20(24-17)25-18(26)9-14-10-27-19(23-14)12-5-7-13(22)8-6-12/h1-8,10-11H,9H2,(H,24,25,26). The molecule has 4 nitrogen and oxygen atoms in total. The van der Waals surface area contributed by atoms with Crippen LogP contribution in [0.4, 0.5) is 9.52 Å². The number of anilines is 1. The Morgan fingerprint density at radius 2 is 1.82 bits per heavy atom. The number of hydrogen-bond donors (Lipinski definition) is 1. The van der Waals surface area contributed by atoms with Crippen LogP contribution in [0.25, 0.3) is 21.8 Å². The summed E-state index contributed by atoms with van der Waals surface area (Å²) in [4.78, 5) is 21.2. The largest absolute Gasteiger partial charge is 0.302 e. The van der Waals surface area contributed by atoms with Crippen LogP contribution in [0.3, 0.4) is 0 Å². The maximum absolute atomic E-state index is 13.0. The summed E-state index contributed by atoms with van der Waals surface area (Å²) in [7, 11) is 0. The van der Waals surface area contributed by atoms with E-state index < -0.39 is 0 Å². The van der Waals surface area contributed by atoms with Crippen molar-refractivity contribution in [1.82, 2.24) is 9.97 Å². The minimum absolute atomic E-state index is 0.138. The van der Waals surface area contributed by atoms with Crippen molar-refractivity contribution in [2.24, 2.45) is 0 Å². The molecule has 1 amide bonds. The lowest BCUT2D eigenvalue weighted by Gasteiger charge is -2.01. The second-order valence-corrected chi connectivity index (χ2v) is 8.02. The van der Waals surface area contributed by atoms with Crippen molar-refractivity contribution < 1.29 is 9.18 Å². The second-order valence-electron chi connectivity index (χ2n) is 5.89.